The molecule has 0 amide bonds. The Morgan fingerprint density at radius 3 is 3.05 bits per heavy atom. The number of halogens is 1. The van der Waals surface area contributed by atoms with Crippen LogP contribution in [0.15, 0.2) is 30.5 Å². The molecule has 1 saturated heterocycles. The summed E-state index contributed by atoms with van der Waals surface area (Å²) in [6.07, 6.45) is 3.80. The Kier molecular flexibility index (Phi) is 3.81. The average molecular weight is 291 g/mol. The average Bonchev–Trinajstić information content (AvgIpc) is 2.46. The summed E-state index contributed by atoms with van der Waals surface area (Å²) in [5.74, 6) is 0.339. The van der Waals surface area contributed by atoms with E-state index in [1.54, 1.807) is 0 Å². The highest BCUT2D eigenvalue weighted by Crippen LogP contribution is 2.31. The number of hydrogen-bond acceptors (Lipinski definition) is 3. The van der Waals surface area contributed by atoms with Crippen LogP contribution in [0.5, 0.6) is 0 Å². The van der Waals surface area contributed by atoms with Gasteiger partial charge in [-0.3, -0.25) is 4.98 Å². The minimum atomic E-state index is -0.255. The first-order valence-electron chi connectivity index (χ1n) is 7.12. The second-order valence-corrected chi connectivity index (χ2v) is 6.02. The van der Waals surface area contributed by atoms with Gasteiger partial charge in [0.15, 0.2) is 0 Å². The third kappa shape index (κ3) is 2.60. The molecule has 0 aliphatic carbocycles. The summed E-state index contributed by atoms with van der Waals surface area (Å²) in [6.45, 7) is 3.80. The van der Waals surface area contributed by atoms with Crippen molar-refractivity contribution in [2.24, 2.45) is 5.92 Å². The van der Waals surface area contributed by atoms with E-state index in [2.05, 4.69) is 9.88 Å². The van der Waals surface area contributed by atoms with Crippen molar-refractivity contribution in [3.05, 3.63) is 35.5 Å². The number of aliphatic hydroxyl groups excluding tert-OH is 1. The molecule has 4 heteroatoms. The zero-order chi connectivity index (χ0) is 14.1. The van der Waals surface area contributed by atoms with E-state index in [1.165, 1.54) is 5.69 Å². The molecule has 0 radical (unpaired) electrons. The number of hydrogen-bond donors (Lipinski definition) is 1. The van der Waals surface area contributed by atoms with Gasteiger partial charge in [0, 0.05) is 41.3 Å². The van der Waals surface area contributed by atoms with Crippen LogP contribution in [0.4, 0.5) is 5.69 Å². The van der Waals surface area contributed by atoms with Crippen LogP contribution >= 0.6 is 11.6 Å². The molecule has 3 rings (SSSR count). The number of rotatable bonds is 2. The lowest BCUT2D eigenvalue weighted by Gasteiger charge is -2.36. The second kappa shape index (κ2) is 5.58. The van der Waals surface area contributed by atoms with Crippen LogP contribution in [0, 0.1) is 5.92 Å². The minimum Gasteiger partial charge on any atom is -0.393 e. The molecule has 2 atom stereocenters. The zero-order valence-electron chi connectivity index (χ0n) is 11.6. The van der Waals surface area contributed by atoms with E-state index in [0.29, 0.717) is 5.92 Å². The number of piperidine rings is 1. The molecule has 0 bridgehead atoms. The second-order valence-electron chi connectivity index (χ2n) is 5.58. The molecule has 1 aliphatic rings. The van der Waals surface area contributed by atoms with Gasteiger partial charge in [-0.2, -0.15) is 0 Å². The molecule has 1 aromatic carbocycles. The smallest absolute Gasteiger partial charge is 0.0723 e. The van der Waals surface area contributed by atoms with Gasteiger partial charge in [0.25, 0.3) is 0 Å². The molecule has 1 aromatic heterocycles. The van der Waals surface area contributed by atoms with Gasteiger partial charge in [-0.25, -0.2) is 0 Å². The van der Waals surface area contributed by atoms with Gasteiger partial charge in [-0.1, -0.05) is 11.6 Å². The van der Waals surface area contributed by atoms with Crippen molar-refractivity contribution in [1.29, 1.82) is 0 Å². The normalized spacial score (nSPS) is 21.1. The molecular weight excluding hydrogens is 272 g/mol. The van der Waals surface area contributed by atoms with Crippen LogP contribution in [0.3, 0.4) is 0 Å². The van der Waals surface area contributed by atoms with Gasteiger partial charge in [-0.05, 0) is 44.0 Å². The molecule has 1 N–H and O–H groups in total. The van der Waals surface area contributed by atoms with Gasteiger partial charge in [0.1, 0.15) is 0 Å². The third-order valence-electron chi connectivity index (χ3n) is 4.16. The van der Waals surface area contributed by atoms with Crippen molar-refractivity contribution in [3.63, 3.8) is 0 Å². The molecule has 0 saturated carbocycles. The third-order valence-corrected chi connectivity index (χ3v) is 4.40. The van der Waals surface area contributed by atoms with Crippen LogP contribution in [0.1, 0.15) is 19.8 Å². The number of pyridine rings is 1. The predicted molar refractivity (Wildman–Crippen MR) is 83.4 cm³/mol. The number of anilines is 1. The molecule has 2 aromatic rings. The number of fused-ring (bicyclic) bond motifs is 1. The summed E-state index contributed by atoms with van der Waals surface area (Å²) in [5, 5.41) is 11.7. The SMILES string of the molecule is CC(O)C1CCCN(c2ccnc3ccc(Cl)cc23)C1. The Bertz CT molecular complexity index is 614. The van der Waals surface area contributed by atoms with Crippen molar-refractivity contribution < 1.29 is 5.11 Å². The highest BCUT2D eigenvalue weighted by molar-refractivity contribution is 6.31. The van der Waals surface area contributed by atoms with Gasteiger partial charge >= 0.3 is 0 Å². The summed E-state index contributed by atoms with van der Waals surface area (Å²) in [6, 6.07) is 7.85. The van der Waals surface area contributed by atoms with Crippen LogP contribution < -0.4 is 4.90 Å². The lowest BCUT2D eigenvalue weighted by Crippen LogP contribution is -2.39. The maximum absolute atomic E-state index is 9.84. The fraction of sp³-hybridized carbons (Fsp3) is 0.438. The number of nitrogens with zero attached hydrogens (tertiary/aromatic N) is 2. The first-order chi connectivity index (χ1) is 9.65. The first-order valence-corrected chi connectivity index (χ1v) is 7.50. The summed E-state index contributed by atoms with van der Waals surface area (Å²) in [4.78, 5) is 6.75. The van der Waals surface area contributed by atoms with Crippen molar-refractivity contribution in [2.45, 2.75) is 25.9 Å². The number of aliphatic hydroxyl groups is 1. The lowest BCUT2D eigenvalue weighted by molar-refractivity contribution is 0.115. The zero-order valence-corrected chi connectivity index (χ0v) is 12.3. The van der Waals surface area contributed by atoms with E-state index in [-0.39, 0.29) is 6.10 Å². The first kappa shape index (κ1) is 13.7. The summed E-state index contributed by atoms with van der Waals surface area (Å²) in [5.41, 5.74) is 2.13. The van der Waals surface area contributed by atoms with Crippen molar-refractivity contribution >= 4 is 28.2 Å². The van der Waals surface area contributed by atoms with Crippen LogP contribution in [0.25, 0.3) is 10.9 Å². The maximum Gasteiger partial charge on any atom is 0.0723 e. The molecule has 20 heavy (non-hydrogen) atoms. The predicted octanol–water partition coefficient (Wildman–Crippen LogP) is 3.49. The highest BCUT2D eigenvalue weighted by Gasteiger charge is 2.24. The summed E-state index contributed by atoms with van der Waals surface area (Å²) < 4.78 is 0. The Morgan fingerprint density at radius 1 is 1.40 bits per heavy atom. The Balaban J connectivity index is 1.99. The minimum absolute atomic E-state index is 0.255. The molecule has 3 nitrogen and oxygen atoms in total. The van der Waals surface area contributed by atoms with Gasteiger partial charge in [0.05, 0.1) is 11.6 Å². The lowest BCUT2D eigenvalue weighted by atomic mass is 9.93. The van der Waals surface area contributed by atoms with E-state index in [1.807, 2.05) is 37.4 Å². The van der Waals surface area contributed by atoms with Crippen LogP contribution in [0.2, 0.25) is 5.02 Å². The van der Waals surface area contributed by atoms with Crippen molar-refractivity contribution in [3.8, 4) is 0 Å². The highest BCUT2D eigenvalue weighted by atomic mass is 35.5. The quantitative estimate of drug-likeness (QED) is 0.920. The fourth-order valence-electron chi connectivity index (χ4n) is 3.00. The van der Waals surface area contributed by atoms with Crippen molar-refractivity contribution in [2.75, 3.05) is 18.0 Å². The molecule has 2 unspecified atom stereocenters. The Hall–Kier alpha value is -1.32. The van der Waals surface area contributed by atoms with E-state index in [4.69, 9.17) is 11.6 Å². The van der Waals surface area contributed by atoms with Crippen molar-refractivity contribution in [1.82, 2.24) is 4.98 Å². The number of aromatic nitrogens is 1. The van der Waals surface area contributed by atoms with Gasteiger partial charge < -0.3 is 10.0 Å². The standard InChI is InChI=1S/C16H19ClN2O/c1-11(20)12-3-2-8-19(10-12)16-6-7-18-15-5-4-13(17)9-14(15)16/h4-7,9,11-12,20H,2-3,8,10H2,1H3. The molecule has 1 aliphatic heterocycles. The van der Waals surface area contributed by atoms with E-state index < -0.39 is 0 Å². The van der Waals surface area contributed by atoms with Crippen LogP contribution in [-0.4, -0.2) is 29.3 Å². The van der Waals surface area contributed by atoms with E-state index >= 15 is 0 Å². The Labute approximate surface area is 124 Å². The van der Waals surface area contributed by atoms with Crippen LogP contribution in [-0.2, 0) is 0 Å². The molecule has 106 valence electrons. The molecular formula is C16H19ClN2O. The van der Waals surface area contributed by atoms with Gasteiger partial charge in [0.2, 0.25) is 0 Å². The van der Waals surface area contributed by atoms with Gasteiger partial charge in [-0.15, -0.1) is 0 Å². The maximum atomic E-state index is 9.84. The monoisotopic (exact) mass is 290 g/mol. The largest absolute Gasteiger partial charge is 0.393 e. The molecule has 2 heterocycles. The molecule has 1 fully saturated rings. The van der Waals surface area contributed by atoms with E-state index in [0.717, 1.165) is 41.9 Å². The fourth-order valence-corrected chi connectivity index (χ4v) is 3.17. The Morgan fingerprint density at radius 2 is 2.25 bits per heavy atom. The summed E-state index contributed by atoms with van der Waals surface area (Å²) in [7, 11) is 0. The number of benzene rings is 1. The topological polar surface area (TPSA) is 36.4 Å². The summed E-state index contributed by atoms with van der Waals surface area (Å²) >= 11 is 6.12. The molecule has 0 spiro atoms. The van der Waals surface area contributed by atoms with E-state index in [9.17, 15) is 5.11 Å².